The third-order valence-electron chi connectivity index (χ3n) is 2.32. The van der Waals surface area contributed by atoms with Crippen LogP contribution in [-0.4, -0.2) is 28.5 Å². The zero-order valence-corrected chi connectivity index (χ0v) is 11.5. The van der Waals surface area contributed by atoms with Crippen molar-refractivity contribution in [3.8, 4) is 0 Å². The van der Waals surface area contributed by atoms with E-state index in [0.29, 0.717) is 11.8 Å². The number of aromatic nitrogens is 2. The van der Waals surface area contributed by atoms with Gasteiger partial charge in [0.25, 0.3) is 0 Å². The molecule has 102 valence electrons. The molecule has 0 spiro atoms. The molecule has 2 heterocycles. The van der Waals surface area contributed by atoms with E-state index in [-0.39, 0.29) is 18.5 Å². The van der Waals surface area contributed by atoms with Gasteiger partial charge in [0.2, 0.25) is 11.9 Å². The first-order chi connectivity index (χ1) is 9.10. The molecule has 8 heteroatoms. The van der Waals surface area contributed by atoms with E-state index >= 15 is 0 Å². The first-order valence-corrected chi connectivity index (χ1v) is 6.73. The summed E-state index contributed by atoms with van der Waals surface area (Å²) in [6.45, 7) is 3.98. The fourth-order valence-electron chi connectivity index (χ4n) is 1.59. The Bertz CT molecular complexity index is 582. The first-order valence-electron chi connectivity index (χ1n) is 5.85. The van der Waals surface area contributed by atoms with Crippen molar-refractivity contribution in [1.82, 2.24) is 15.3 Å². The SMILES string of the molecule is CC(C)NC(=O)CNc1nc(NN)nc2sccc12. The van der Waals surface area contributed by atoms with Gasteiger partial charge in [0.1, 0.15) is 10.6 Å². The number of nitrogens with zero attached hydrogens (tertiary/aromatic N) is 2. The third kappa shape index (κ3) is 3.30. The second-order valence-corrected chi connectivity index (χ2v) is 5.15. The van der Waals surface area contributed by atoms with E-state index < -0.39 is 0 Å². The van der Waals surface area contributed by atoms with Crippen LogP contribution < -0.4 is 21.9 Å². The van der Waals surface area contributed by atoms with Crippen molar-refractivity contribution in [2.75, 3.05) is 17.3 Å². The molecule has 19 heavy (non-hydrogen) atoms. The molecule has 7 nitrogen and oxygen atoms in total. The summed E-state index contributed by atoms with van der Waals surface area (Å²) in [7, 11) is 0. The minimum atomic E-state index is -0.0840. The number of anilines is 2. The van der Waals surface area contributed by atoms with Gasteiger partial charge < -0.3 is 10.6 Å². The number of thiophene rings is 1. The molecule has 5 N–H and O–H groups in total. The number of hydrazine groups is 1. The minimum absolute atomic E-state index is 0.0840. The molecule has 0 saturated carbocycles. The predicted octanol–water partition coefficient (Wildman–Crippen LogP) is 0.913. The number of nitrogens with two attached hydrogens (primary N) is 1. The number of hydrogen-bond donors (Lipinski definition) is 4. The summed E-state index contributed by atoms with van der Waals surface area (Å²) in [4.78, 5) is 20.8. The fourth-order valence-corrected chi connectivity index (χ4v) is 2.36. The lowest BCUT2D eigenvalue weighted by Gasteiger charge is -2.10. The van der Waals surface area contributed by atoms with Crippen molar-refractivity contribution in [3.05, 3.63) is 11.4 Å². The number of hydrogen-bond acceptors (Lipinski definition) is 7. The largest absolute Gasteiger partial charge is 0.360 e. The summed E-state index contributed by atoms with van der Waals surface area (Å²) in [5.41, 5.74) is 2.41. The molecule has 0 atom stereocenters. The van der Waals surface area contributed by atoms with Gasteiger partial charge in [-0.1, -0.05) is 0 Å². The Morgan fingerprint density at radius 2 is 2.26 bits per heavy atom. The standard InChI is InChI=1S/C11H16N6OS/c1-6(2)14-8(18)5-13-9-7-3-4-19-10(7)16-11(15-9)17-12/h3-4,6H,5,12H2,1-2H3,(H,14,18)(H2,13,15,16,17). The molecule has 0 radical (unpaired) electrons. The lowest BCUT2D eigenvalue weighted by atomic mass is 10.3. The Morgan fingerprint density at radius 3 is 2.95 bits per heavy atom. The number of fused-ring (bicyclic) bond motifs is 1. The molecule has 2 aromatic heterocycles. The van der Waals surface area contributed by atoms with Gasteiger partial charge in [0, 0.05) is 6.04 Å². The molecule has 0 saturated heterocycles. The van der Waals surface area contributed by atoms with E-state index in [9.17, 15) is 4.79 Å². The highest BCUT2D eigenvalue weighted by molar-refractivity contribution is 7.16. The minimum Gasteiger partial charge on any atom is -0.360 e. The lowest BCUT2D eigenvalue weighted by Crippen LogP contribution is -2.35. The molecule has 0 aromatic carbocycles. The zero-order valence-electron chi connectivity index (χ0n) is 10.7. The lowest BCUT2D eigenvalue weighted by molar-refractivity contribution is -0.119. The highest BCUT2D eigenvalue weighted by atomic mass is 32.1. The zero-order chi connectivity index (χ0) is 13.8. The number of carbonyl (C=O) groups excluding carboxylic acids is 1. The Hall–Kier alpha value is -1.93. The topological polar surface area (TPSA) is 105 Å². The summed E-state index contributed by atoms with van der Waals surface area (Å²) in [6.07, 6.45) is 0. The summed E-state index contributed by atoms with van der Waals surface area (Å²) in [5.74, 6) is 6.16. The molecule has 0 aliphatic carbocycles. The van der Waals surface area contributed by atoms with Crippen molar-refractivity contribution in [3.63, 3.8) is 0 Å². The van der Waals surface area contributed by atoms with Gasteiger partial charge in [0.15, 0.2) is 0 Å². The van der Waals surface area contributed by atoms with Gasteiger partial charge in [0.05, 0.1) is 11.9 Å². The summed E-state index contributed by atoms with van der Waals surface area (Å²) >= 11 is 1.49. The molecular weight excluding hydrogens is 264 g/mol. The second-order valence-electron chi connectivity index (χ2n) is 4.26. The van der Waals surface area contributed by atoms with Crippen LogP contribution in [-0.2, 0) is 4.79 Å². The number of nitrogens with one attached hydrogen (secondary N) is 3. The van der Waals surface area contributed by atoms with Gasteiger partial charge in [-0.3, -0.25) is 10.2 Å². The molecule has 0 unspecified atom stereocenters. The van der Waals surface area contributed by atoms with Crippen LogP contribution in [0.15, 0.2) is 11.4 Å². The van der Waals surface area contributed by atoms with E-state index in [1.807, 2.05) is 25.3 Å². The van der Waals surface area contributed by atoms with Crippen LogP contribution in [0.25, 0.3) is 10.2 Å². The van der Waals surface area contributed by atoms with Crippen molar-refractivity contribution in [2.24, 2.45) is 5.84 Å². The van der Waals surface area contributed by atoms with Crippen LogP contribution in [0.1, 0.15) is 13.8 Å². The van der Waals surface area contributed by atoms with Crippen molar-refractivity contribution >= 4 is 39.2 Å². The van der Waals surface area contributed by atoms with E-state index in [1.54, 1.807) is 0 Å². The van der Waals surface area contributed by atoms with Gasteiger partial charge in [-0.25, -0.2) is 10.8 Å². The van der Waals surface area contributed by atoms with Crippen LogP contribution in [0, 0.1) is 0 Å². The number of nitrogen functional groups attached to an aromatic ring is 1. The van der Waals surface area contributed by atoms with Crippen LogP contribution >= 0.6 is 11.3 Å². The second kappa shape index (κ2) is 5.81. The maximum atomic E-state index is 11.6. The monoisotopic (exact) mass is 280 g/mol. The van der Waals surface area contributed by atoms with Gasteiger partial charge >= 0.3 is 0 Å². The summed E-state index contributed by atoms with van der Waals surface area (Å²) < 4.78 is 0. The number of carbonyl (C=O) groups is 1. The van der Waals surface area contributed by atoms with E-state index in [0.717, 1.165) is 10.2 Å². The highest BCUT2D eigenvalue weighted by Crippen LogP contribution is 2.25. The average Bonchev–Trinajstić information content (AvgIpc) is 2.82. The normalized spacial score (nSPS) is 10.7. The van der Waals surface area contributed by atoms with Crippen LogP contribution in [0.2, 0.25) is 0 Å². The summed E-state index contributed by atoms with van der Waals surface area (Å²) in [5, 5.41) is 8.59. The fraction of sp³-hybridized carbons (Fsp3) is 0.364. The molecule has 0 aliphatic rings. The van der Waals surface area contributed by atoms with Gasteiger partial charge in [-0.15, -0.1) is 11.3 Å². The van der Waals surface area contributed by atoms with Crippen LogP contribution in [0.4, 0.5) is 11.8 Å². The van der Waals surface area contributed by atoms with E-state index in [4.69, 9.17) is 5.84 Å². The highest BCUT2D eigenvalue weighted by Gasteiger charge is 2.10. The van der Waals surface area contributed by atoms with Crippen LogP contribution in [0.5, 0.6) is 0 Å². The molecular formula is C11H16N6OS. The maximum absolute atomic E-state index is 11.6. The average molecular weight is 280 g/mol. The third-order valence-corrected chi connectivity index (χ3v) is 3.13. The smallest absolute Gasteiger partial charge is 0.240 e. The van der Waals surface area contributed by atoms with Gasteiger partial charge in [-0.05, 0) is 25.3 Å². The molecule has 0 bridgehead atoms. The van der Waals surface area contributed by atoms with E-state index in [2.05, 4.69) is 26.0 Å². The molecule has 2 aromatic rings. The van der Waals surface area contributed by atoms with E-state index in [1.165, 1.54) is 11.3 Å². The number of rotatable bonds is 5. The number of amides is 1. The Balaban J connectivity index is 2.15. The maximum Gasteiger partial charge on any atom is 0.240 e. The first kappa shape index (κ1) is 13.5. The van der Waals surface area contributed by atoms with Crippen LogP contribution in [0.3, 0.4) is 0 Å². The van der Waals surface area contributed by atoms with Crippen molar-refractivity contribution < 1.29 is 4.79 Å². The summed E-state index contributed by atoms with van der Waals surface area (Å²) in [6, 6.07) is 2.02. The Morgan fingerprint density at radius 1 is 1.47 bits per heavy atom. The quantitative estimate of drug-likeness (QED) is 0.479. The predicted molar refractivity (Wildman–Crippen MR) is 77.0 cm³/mol. The molecule has 0 aliphatic heterocycles. The van der Waals surface area contributed by atoms with Crippen molar-refractivity contribution in [2.45, 2.75) is 19.9 Å². The Labute approximate surface area is 114 Å². The molecule has 0 fully saturated rings. The molecule has 2 rings (SSSR count). The van der Waals surface area contributed by atoms with Gasteiger partial charge in [-0.2, -0.15) is 4.98 Å². The van der Waals surface area contributed by atoms with Crippen molar-refractivity contribution in [1.29, 1.82) is 0 Å². The Kier molecular flexibility index (Phi) is 4.13. The molecule has 1 amide bonds.